The third-order valence-corrected chi connectivity index (χ3v) is 3.95. The Morgan fingerprint density at radius 1 is 1.26 bits per heavy atom. The van der Waals surface area contributed by atoms with Crippen molar-refractivity contribution in [3.63, 3.8) is 0 Å². The van der Waals surface area contributed by atoms with E-state index in [0.29, 0.717) is 13.2 Å². The number of hydrogen-bond acceptors (Lipinski definition) is 6. The van der Waals surface area contributed by atoms with E-state index in [1.807, 2.05) is 36.4 Å². The van der Waals surface area contributed by atoms with Crippen molar-refractivity contribution >= 4 is 11.6 Å². The highest BCUT2D eigenvalue weighted by Crippen LogP contribution is 2.24. The van der Waals surface area contributed by atoms with Crippen LogP contribution >= 0.6 is 0 Å². The van der Waals surface area contributed by atoms with Crippen molar-refractivity contribution in [1.29, 1.82) is 0 Å². The fourth-order valence-electron chi connectivity index (χ4n) is 2.79. The molecule has 6 nitrogen and oxygen atoms in total. The van der Waals surface area contributed by atoms with Crippen LogP contribution in [0.3, 0.4) is 0 Å². The number of aromatic nitrogens is 2. The molecular weight excluding hydrogens is 292 g/mol. The third-order valence-electron chi connectivity index (χ3n) is 3.95. The number of rotatable bonds is 7. The zero-order valence-electron chi connectivity index (χ0n) is 13.1. The summed E-state index contributed by atoms with van der Waals surface area (Å²) in [4.78, 5) is 10.7. The fourth-order valence-corrected chi connectivity index (χ4v) is 2.79. The third kappa shape index (κ3) is 4.10. The van der Waals surface area contributed by atoms with Gasteiger partial charge in [0.1, 0.15) is 30.3 Å². The van der Waals surface area contributed by atoms with Gasteiger partial charge >= 0.3 is 0 Å². The van der Waals surface area contributed by atoms with E-state index in [-0.39, 0.29) is 12.6 Å². The number of hydrogen-bond donors (Lipinski definition) is 2. The zero-order chi connectivity index (χ0) is 15.9. The van der Waals surface area contributed by atoms with Crippen molar-refractivity contribution in [2.75, 3.05) is 36.5 Å². The first-order chi connectivity index (χ1) is 11.4. The number of benzene rings is 1. The molecule has 122 valence electrons. The Morgan fingerprint density at radius 3 is 2.96 bits per heavy atom. The molecule has 0 unspecified atom stereocenters. The molecule has 3 rings (SSSR count). The van der Waals surface area contributed by atoms with Crippen LogP contribution in [-0.4, -0.2) is 47.4 Å². The number of ether oxygens (including phenoxy) is 1. The molecule has 1 aliphatic rings. The van der Waals surface area contributed by atoms with Crippen LogP contribution in [0.15, 0.2) is 42.7 Å². The first kappa shape index (κ1) is 15.6. The van der Waals surface area contributed by atoms with Gasteiger partial charge in [0, 0.05) is 12.6 Å². The van der Waals surface area contributed by atoms with Gasteiger partial charge in [-0.15, -0.1) is 0 Å². The average molecular weight is 314 g/mol. The predicted molar refractivity (Wildman–Crippen MR) is 89.9 cm³/mol. The fraction of sp³-hybridized carbons (Fsp3) is 0.412. The van der Waals surface area contributed by atoms with E-state index in [0.717, 1.165) is 36.8 Å². The molecule has 6 heteroatoms. The Bertz CT molecular complexity index is 609. The van der Waals surface area contributed by atoms with Crippen molar-refractivity contribution in [3.05, 3.63) is 42.7 Å². The van der Waals surface area contributed by atoms with Crippen LogP contribution in [0, 0.1) is 0 Å². The molecule has 2 aromatic rings. The molecule has 1 fully saturated rings. The Balaban J connectivity index is 1.51. The molecular formula is C17H22N4O2. The minimum atomic E-state index is 0.164. The number of anilines is 2. The molecule has 1 aromatic carbocycles. The van der Waals surface area contributed by atoms with Crippen LogP contribution in [0.5, 0.6) is 5.75 Å². The maximum absolute atomic E-state index is 9.43. The highest BCUT2D eigenvalue weighted by molar-refractivity contribution is 5.49. The highest BCUT2D eigenvalue weighted by atomic mass is 16.5. The van der Waals surface area contributed by atoms with Crippen LogP contribution in [0.4, 0.5) is 11.6 Å². The molecule has 1 aliphatic heterocycles. The van der Waals surface area contributed by atoms with Crippen molar-refractivity contribution in [1.82, 2.24) is 9.97 Å². The lowest BCUT2D eigenvalue weighted by Crippen LogP contribution is -2.32. The van der Waals surface area contributed by atoms with Crippen molar-refractivity contribution in [2.24, 2.45) is 0 Å². The highest BCUT2D eigenvalue weighted by Gasteiger charge is 2.25. The lowest BCUT2D eigenvalue weighted by Gasteiger charge is -2.24. The standard InChI is InChI=1S/C17H22N4O2/c22-12-14-5-4-9-21(14)17-11-16(19-13-20-17)18-8-10-23-15-6-2-1-3-7-15/h1-3,6-7,11,13-14,22H,4-5,8-10,12H2,(H,18,19,20)/t14-/m1/s1. The van der Waals surface area contributed by atoms with Gasteiger partial charge in [-0.1, -0.05) is 18.2 Å². The first-order valence-electron chi connectivity index (χ1n) is 7.98. The van der Waals surface area contributed by atoms with E-state index in [4.69, 9.17) is 4.74 Å². The Hall–Kier alpha value is -2.34. The SMILES string of the molecule is OC[C@H]1CCCN1c1cc(NCCOc2ccccc2)ncn1. The number of para-hydroxylation sites is 1. The zero-order valence-corrected chi connectivity index (χ0v) is 13.1. The second-order valence-corrected chi connectivity index (χ2v) is 5.52. The summed E-state index contributed by atoms with van der Waals surface area (Å²) in [5, 5.41) is 12.7. The molecule has 0 radical (unpaired) electrons. The van der Waals surface area contributed by atoms with Gasteiger partial charge in [0.15, 0.2) is 0 Å². The van der Waals surface area contributed by atoms with E-state index in [1.165, 1.54) is 0 Å². The van der Waals surface area contributed by atoms with E-state index < -0.39 is 0 Å². The molecule has 23 heavy (non-hydrogen) atoms. The summed E-state index contributed by atoms with van der Waals surface area (Å²) in [7, 11) is 0. The van der Waals surface area contributed by atoms with E-state index >= 15 is 0 Å². The van der Waals surface area contributed by atoms with Crippen molar-refractivity contribution < 1.29 is 9.84 Å². The van der Waals surface area contributed by atoms with Gasteiger partial charge in [-0.3, -0.25) is 0 Å². The largest absolute Gasteiger partial charge is 0.492 e. The summed E-state index contributed by atoms with van der Waals surface area (Å²) in [6.45, 7) is 2.32. The Kier molecular flexibility index (Phi) is 5.26. The maximum atomic E-state index is 9.43. The monoisotopic (exact) mass is 314 g/mol. The minimum absolute atomic E-state index is 0.164. The second kappa shape index (κ2) is 7.78. The number of aliphatic hydroxyl groups is 1. The average Bonchev–Trinajstić information content (AvgIpc) is 3.09. The molecule has 1 atom stereocenters. The first-order valence-corrected chi connectivity index (χ1v) is 7.98. The quantitative estimate of drug-likeness (QED) is 0.761. The molecule has 0 spiro atoms. The molecule has 1 aromatic heterocycles. The van der Waals surface area contributed by atoms with Gasteiger partial charge in [-0.05, 0) is 25.0 Å². The van der Waals surface area contributed by atoms with Gasteiger partial charge in [-0.2, -0.15) is 0 Å². The van der Waals surface area contributed by atoms with Crippen LogP contribution in [0.2, 0.25) is 0 Å². The lowest BCUT2D eigenvalue weighted by molar-refractivity contribution is 0.266. The van der Waals surface area contributed by atoms with Gasteiger partial charge < -0.3 is 20.1 Å². The normalized spacial score (nSPS) is 17.3. The molecule has 0 saturated carbocycles. The van der Waals surface area contributed by atoms with Crippen molar-refractivity contribution in [3.8, 4) is 5.75 Å². The molecule has 2 N–H and O–H groups in total. The topological polar surface area (TPSA) is 70.5 Å². The molecule has 0 amide bonds. The Morgan fingerprint density at radius 2 is 2.13 bits per heavy atom. The Labute approximate surface area is 136 Å². The summed E-state index contributed by atoms with van der Waals surface area (Å²) in [6.07, 6.45) is 3.65. The van der Waals surface area contributed by atoms with Gasteiger partial charge in [0.05, 0.1) is 19.2 Å². The molecule has 2 heterocycles. The number of aliphatic hydroxyl groups excluding tert-OH is 1. The summed E-state index contributed by atoms with van der Waals surface area (Å²) in [5.41, 5.74) is 0. The van der Waals surface area contributed by atoms with Crippen LogP contribution in [-0.2, 0) is 0 Å². The van der Waals surface area contributed by atoms with Gasteiger partial charge in [-0.25, -0.2) is 9.97 Å². The van der Waals surface area contributed by atoms with Crippen LogP contribution in [0.25, 0.3) is 0 Å². The number of nitrogens with zero attached hydrogens (tertiary/aromatic N) is 3. The van der Waals surface area contributed by atoms with Crippen molar-refractivity contribution in [2.45, 2.75) is 18.9 Å². The summed E-state index contributed by atoms with van der Waals surface area (Å²) >= 11 is 0. The summed E-state index contributed by atoms with van der Waals surface area (Å²) < 4.78 is 5.64. The second-order valence-electron chi connectivity index (χ2n) is 5.52. The summed E-state index contributed by atoms with van der Waals surface area (Å²) in [6, 6.07) is 11.8. The lowest BCUT2D eigenvalue weighted by atomic mass is 10.2. The molecule has 0 aliphatic carbocycles. The molecule has 0 bridgehead atoms. The number of nitrogens with one attached hydrogen (secondary N) is 1. The van der Waals surface area contributed by atoms with E-state index in [9.17, 15) is 5.11 Å². The van der Waals surface area contributed by atoms with Crippen LogP contribution < -0.4 is 15.0 Å². The maximum Gasteiger partial charge on any atom is 0.134 e. The van der Waals surface area contributed by atoms with E-state index in [2.05, 4.69) is 20.2 Å². The smallest absolute Gasteiger partial charge is 0.134 e. The van der Waals surface area contributed by atoms with Gasteiger partial charge in [0.25, 0.3) is 0 Å². The van der Waals surface area contributed by atoms with E-state index in [1.54, 1.807) is 6.33 Å². The van der Waals surface area contributed by atoms with Gasteiger partial charge in [0.2, 0.25) is 0 Å². The molecule has 1 saturated heterocycles. The van der Waals surface area contributed by atoms with Crippen LogP contribution in [0.1, 0.15) is 12.8 Å². The minimum Gasteiger partial charge on any atom is -0.492 e. The summed E-state index contributed by atoms with van der Waals surface area (Å²) in [5.74, 6) is 2.50. The predicted octanol–water partition coefficient (Wildman–Crippen LogP) is 1.93.